The molecule has 1 rings (SSSR count). The number of nitrogens with two attached hydrogens (primary N) is 3. The molecular weight excluding hydrogens is 530 g/mol. The van der Waals surface area contributed by atoms with Crippen LogP contribution in [0.15, 0.2) is 29.3 Å². The lowest BCUT2D eigenvalue weighted by atomic mass is 10.0. The van der Waals surface area contributed by atoms with Gasteiger partial charge in [0.2, 0.25) is 17.7 Å². The van der Waals surface area contributed by atoms with E-state index >= 15 is 0 Å². The Bertz CT molecular complexity index is 1060. The number of aliphatic carboxylic acids is 2. The first-order valence-corrected chi connectivity index (χ1v) is 12.3. The second-order valence-corrected chi connectivity index (χ2v) is 9.04. The molecule has 0 aliphatic heterocycles. The molecule has 0 saturated carbocycles. The summed E-state index contributed by atoms with van der Waals surface area (Å²) in [6.07, 6.45) is -2.16. The Morgan fingerprint density at radius 1 is 0.875 bits per heavy atom. The molecule has 0 fully saturated rings. The van der Waals surface area contributed by atoms with Gasteiger partial charge in [0.25, 0.3) is 0 Å². The van der Waals surface area contributed by atoms with Crippen molar-refractivity contribution in [3.63, 3.8) is 0 Å². The number of phenolic OH excluding ortho intramolecular Hbond substituents is 1. The smallest absolute Gasteiger partial charge is 0.326 e. The maximum absolute atomic E-state index is 13.2. The number of aliphatic hydroxyl groups excluding tert-OH is 1. The molecule has 3 amide bonds. The Kier molecular flexibility index (Phi) is 13.9. The number of carboxylic acids is 2. The van der Waals surface area contributed by atoms with Crippen LogP contribution in [0.4, 0.5) is 0 Å². The Labute approximate surface area is 230 Å². The number of carbonyl (C=O) groups excluding carboxylic acids is 3. The van der Waals surface area contributed by atoms with Gasteiger partial charge in [0.15, 0.2) is 5.96 Å². The molecule has 40 heavy (non-hydrogen) atoms. The molecule has 0 bridgehead atoms. The Morgan fingerprint density at radius 3 is 1.95 bits per heavy atom. The lowest BCUT2D eigenvalue weighted by Gasteiger charge is -2.25. The van der Waals surface area contributed by atoms with Gasteiger partial charge in [-0.05, 0) is 43.9 Å². The maximum atomic E-state index is 13.2. The van der Waals surface area contributed by atoms with E-state index in [1.54, 1.807) is 0 Å². The summed E-state index contributed by atoms with van der Waals surface area (Å²) in [7, 11) is 0. The molecule has 0 aliphatic carbocycles. The summed E-state index contributed by atoms with van der Waals surface area (Å²) < 4.78 is 0. The number of hydrogen-bond acceptors (Lipinski definition) is 9. The van der Waals surface area contributed by atoms with Crippen molar-refractivity contribution >= 4 is 35.6 Å². The fourth-order valence-corrected chi connectivity index (χ4v) is 3.41. The van der Waals surface area contributed by atoms with E-state index in [9.17, 15) is 39.3 Å². The van der Waals surface area contributed by atoms with Crippen LogP contribution in [0, 0.1) is 0 Å². The molecule has 5 atom stereocenters. The van der Waals surface area contributed by atoms with Crippen molar-refractivity contribution in [3.8, 4) is 5.75 Å². The largest absolute Gasteiger partial charge is 0.508 e. The number of aliphatic hydroxyl groups is 1. The minimum Gasteiger partial charge on any atom is -0.508 e. The van der Waals surface area contributed by atoms with Gasteiger partial charge in [-0.25, -0.2) is 4.79 Å². The lowest BCUT2D eigenvalue weighted by Crippen LogP contribution is -2.58. The van der Waals surface area contributed by atoms with E-state index < -0.39 is 66.4 Å². The first-order valence-electron chi connectivity index (χ1n) is 12.3. The summed E-state index contributed by atoms with van der Waals surface area (Å²) >= 11 is 0. The van der Waals surface area contributed by atoms with Crippen molar-refractivity contribution in [1.29, 1.82) is 0 Å². The van der Waals surface area contributed by atoms with E-state index in [1.807, 2.05) is 0 Å². The van der Waals surface area contributed by atoms with Gasteiger partial charge in [-0.2, -0.15) is 0 Å². The van der Waals surface area contributed by atoms with Gasteiger partial charge in [0, 0.05) is 19.4 Å². The van der Waals surface area contributed by atoms with Gasteiger partial charge < -0.3 is 53.6 Å². The zero-order valence-corrected chi connectivity index (χ0v) is 21.9. The molecule has 16 nitrogen and oxygen atoms in total. The summed E-state index contributed by atoms with van der Waals surface area (Å²) in [5, 5.41) is 44.8. The summed E-state index contributed by atoms with van der Waals surface area (Å²) in [5.41, 5.74) is 16.6. The SMILES string of the molecule is CC(O)C(N)C(=O)NC(Cc1ccc(O)cc1)C(=O)NC(CCC(=O)O)C(=O)NC(CCCN=C(N)N)C(=O)O. The molecule has 0 radical (unpaired) electrons. The van der Waals surface area contributed by atoms with E-state index in [4.69, 9.17) is 22.3 Å². The van der Waals surface area contributed by atoms with Crippen molar-refractivity contribution in [3.05, 3.63) is 29.8 Å². The number of nitrogens with one attached hydrogen (secondary N) is 3. The second kappa shape index (κ2) is 16.5. The number of nitrogens with zero attached hydrogens (tertiary/aromatic N) is 1. The highest BCUT2D eigenvalue weighted by Crippen LogP contribution is 2.12. The van der Waals surface area contributed by atoms with Crippen LogP contribution in [0.3, 0.4) is 0 Å². The van der Waals surface area contributed by atoms with Crippen LogP contribution in [0.5, 0.6) is 5.75 Å². The number of carbonyl (C=O) groups is 5. The molecule has 0 aliphatic rings. The van der Waals surface area contributed by atoms with Crippen molar-refractivity contribution in [1.82, 2.24) is 16.0 Å². The van der Waals surface area contributed by atoms with Crippen LogP contribution in [-0.4, -0.2) is 92.9 Å². The average molecular weight is 568 g/mol. The van der Waals surface area contributed by atoms with Gasteiger partial charge in [0.1, 0.15) is 29.9 Å². The third kappa shape index (κ3) is 12.4. The predicted molar refractivity (Wildman–Crippen MR) is 142 cm³/mol. The van der Waals surface area contributed by atoms with Gasteiger partial charge in [0.05, 0.1) is 6.10 Å². The van der Waals surface area contributed by atoms with Gasteiger partial charge >= 0.3 is 11.9 Å². The number of hydrogen-bond donors (Lipinski definition) is 10. The van der Waals surface area contributed by atoms with Crippen LogP contribution in [0.25, 0.3) is 0 Å². The van der Waals surface area contributed by atoms with Crippen molar-refractivity contribution in [2.75, 3.05) is 6.54 Å². The van der Waals surface area contributed by atoms with Crippen LogP contribution in [0.1, 0.15) is 38.2 Å². The summed E-state index contributed by atoms with van der Waals surface area (Å²) in [4.78, 5) is 65.3. The zero-order chi connectivity index (χ0) is 30.4. The highest BCUT2D eigenvalue weighted by molar-refractivity contribution is 5.94. The van der Waals surface area contributed by atoms with Crippen molar-refractivity contribution in [2.45, 2.75) is 69.3 Å². The van der Waals surface area contributed by atoms with Crippen LogP contribution >= 0.6 is 0 Å². The van der Waals surface area contributed by atoms with E-state index in [1.165, 1.54) is 31.2 Å². The van der Waals surface area contributed by atoms with Crippen LogP contribution in [0.2, 0.25) is 0 Å². The van der Waals surface area contributed by atoms with E-state index in [0.717, 1.165) is 0 Å². The molecular formula is C24H37N7O9. The molecule has 0 aromatic heterocycles. The molecule has 0 heterocycles. The number of aliphatic imine (C=N–C) groups is 1. The number of phenols is 1. The Morgan fingerprint density at radius 2 is 1.43 bits per heavy atom. The van der Waals surface area contributed by atoms with E-state index in [0.29, 0.717) is 5.56 Å². The topological polar surface area (TPSA) is 293 Å². The van der Waals surface area contributed by atoms with Crippen LogP contribution < -0.4 is 33.2 Å². The third-order valence-corrected chi connectivity index (χ3v) is 5.67. The monoisotopic (exact) mass is 567 g/mol. The van der Waals surface area contributed by atoms with E-state index in [2.05, 4.69) is 20.9 Å². The van der Waals surface area contributed by atoms with Gasteiger partial charge in [-0.1, -0.05) is 12.1 Å². The number of aromatic hydroxyl groups is 1. The first kappa shape index (κ1) is 33.6. The second-order valence-electron chi connectivity index (χ2n) is 9.04. The predicted octanol–water partition coefficient (Wildman–Crippen LogP) is -2.90. The number of benzene rings is 1. The average Bonchev–Trinajstić information content (AvgIpc) is 2.87. The van der Waals surface area contributed by atoms with E-state index in [-0.39, 0.29) is 43.9 Å². The standard InChI is InChI=1S/C24H37N7O9/c1-12(32)19(25)22(38)31-17(11-13-4-6-14(33)7-5-13)21(37)29-15(8-9-18(34)35)20(36)30-16(23(39)40)3-2-10-28-24(26)27/h4-7,12,15-17,19,32-33H,2-3,8-11,25H2,1H3,(H,29,37)(H,30,36)(H,31,38)(H,34,35)(H,39,40)(H4,26,27,28). The molecule has 16 heteroatoms. The molecule has 222 valence electrons. The highest BCUT2D eigenvalue weighted by atomic mass is 16.4. The molecule has 1 aromatic rings. The van der Waals surface area contributed by atoms with Crippen molar-refractivity contribution < 1.29 is 44.4 Å². The minimum absolute atomic E-state index is 0.0402. The lowest BCUT2D eigenvalue weighted by molar-refractivity contribution is -0.143. The third-order valence-electron chi connectivity index (χ3n) is 5.67. The summed E-state index contributed by atoms with van der Waals surface area (Å²) in [6, 6.07) is 0.116. The summed E-state index contributed by atoms with van der Waals surface area (Å²) in [6.45, 7) is 1.39. The number of rotatable bonds is 17. The molecule has 0 spiro atoms. The number of carboxylic acid groups (broad SMARTS) is 2. The zero-order valence-electron chi connectivity index (χ0n) is 21.9. The summed E-state index contributed by atoms with van der Waals surface area (Å²) in [5.74, 6) is -5.59. The van der Waals surface area contributed by atoms with Gasteiger partial charge in [-0.15, -0.1) is 0 Å². The number of amides is 3. The molecule has 13 N–H and O–H groups in total. The van der Waals surface area contributed by atoms with Crippen molar-refractivity contribution in [2.24, 2.45) is 22.2 Å². The maximum Gasteiger partial charge on any atom is 0.326 e. The molecule has 0 saturated heterocycles. The first-order chi connectivity index (χ1) is 18.7. The Balaban J connectivity index is 3.13. The molecule has 1 aromatic carbocycles. The fraction of sp³-hybridized carbons (Fsp3) is 0.500. The highest BCUT2D eigenvalue weighted by Gasteiger charge is 2.31. The minimum atomic E-state index is -1.48. The normalized spacial score (nSPS) is 14.5. The Hall–Kier alpha value is -4.44. The fourth-order valence-electron chi connectivity index (χ4n) is 3.41. The quantitative estimate of drug-likeness (QED) is 0.0515. The van der Waals surface area contributed by atoms with Gasteiger partial charge in [-0.3, -0.25) is 24.2 Å². The number of guanidine groups is 1. The van der Waals surface area contributed by atoms with Crippen LogP contribution in [-0.2, 0) is 30.4 Å². The molecule has 5 unspecified atom stereocenters.